The van der Waals surface area contributed by atoms with Crippen LogP contribution in [0, 0.1) is 0 Å². The van der Waals surface area contributed by atoms with Crippen molar-refractivity contribution in [2.24, 2.45) is 0 Å². The maximum Gasteiger partial charge on any atom is 0.270 e. The van der Waals surface area contributed by atoms with Gasteiger partial charge in [-0.2, -0.15) is 0 Å². The maximum atomic E-state index is 12.6. The standard InChI is InChI=1S/C27H29ClN6O2S2/c28-21-8-4-9-22(17-21)34-24(16-20-6-2-1-3-7-20)31-32-27(34)38-19-25-30-23(18-37-25)26(35)29-10-5-11-33-12-14-36-15-13-33/h1-4,6-9,17-18H,5,10-16,19H2,(H,29,35). The molecule has 0 bridgehead atoms. The van der Waals surface area contributed by atoms with Crippen LogP contribution in [0.3, 0.4) is 0 Å². The van der Waals surface area contributed by atoms with Crippen LogP contribution >= 0.6 is 34.7 Å². The number of nitrogens with one attached hydrogen (secondary N) is 1. The highest BCUT2D eigenvalue weighted by molar-refractivity contribution is 7.98. The van der Waals surface area contributed by atoms with Gasteiger partial charge in [-0.15, -0.1) is 21.5 Å². The van der Waals surface area contributed by atoms with Crippen LogP contribution in [0.25, 0.3) is 5.69 Å². The summed E-state index contributed by atoms with van der Waals surface area (Å²) in [7, 11) is 0. The number of carbonyl (C=O) groups is 1. The number of thiazole rings is 1. The lowest BCUT2D eigenvalue weighted by Gasteiger charge is -2.26. The first-order valence-electron chi connectivity index (χ1n) is 12.6. The highest BCUT2D eigenvalue weighted by Gasteiger charge is 2.17. The number of nitrogens with zero attached hydrogens (tertiary/aromatic N) is 5. The number of amides is 1. The number of morpholine rings is 1. The Balaban J connectivity index is 1.21. The first kappa shape index (κ1) is 26.8. The summed E-state index contributed by atoms with van der Waals surface area (Å²) < 4.78 is 7.42. The van der Waals surface area contributed by atoms with Crippen LogP contribution < -0.4 is 5.32 Å². The number of carbonyl (C=O) groups excluding carboxylic acids is 1. The highest BCUT2D eigenvalue weighted by atomic mass is 35.5. The van der Waals surface area contributed by atoms with E-state index in [0.717, 1.165) is 66.5 Å². The van der Waals surface area contributed by atoms with Crippen molar-refractivity contribution in [2.45, 2.75) is 23.8 Å². The number of aromatic nitrogens is 4. The summed E-state index contributed by atoms with van der Waals surface area (Å²) >= 11 is 9.32. The average Bonchev–Trinajstić information content (AvgIpc) is 3.58. The Morgan fingerprint density at radius 3 is 2.76 bits per heavy atom. The Morgan fingerprint density at radius 1 is 1.11 bits per heavy atom. The number of benzene rings is 2. The van der Waals surface area contributed by atoms with Crippen molar-refractivity contribution in [3.8, 4) is 5.69 Å². The van der Waals surface area contributed by atoms with Crippen molar-refractivity contribution >= 4 is 40.6 Å². The molecule has 198 valence electrons. The van der Waals surface area contributed by atoms with Gasteiger partial charge in [0.2, 0.25) is 0 Å². The summed E-state index contributed by atoms with van der Waals surface area (Å²) in [6.07, 6.45) is 1.55. The first-order chi connectivity index (χ1) is 18.7. The van der Waals surface area contributed by atoms with Gasteiger partial charge < -0.3 is 10.1 Å². The van der Waals surface area contributed by atoms with Gasteiger partial charge >= 0.3 is 0 Å². The fourth-order valence-corrected chi connectivity index (χ4v) is 6.14. The normalized spacial score (nSPS) is 14.0. The summed E-state index contributed by atoms with van der Waals surface area (Å²) in [5.41, 5.74) is 2.52. The van der Waals surface area contributed by atoms with E-state index in [1.54, 1.807) is 11.8 Å². The van der Waals surface area contributed by atoms with Crippen LogP contribution in [0.1, 0.15) is 33.3 Å². The molecule has 0 radical (unpaired) electrons. The van der Waals surface area contributed by atoms with Gasteiger partial charge in [0.05, 0.1) is 24.7 Å². The molecule has 3 heterocycles. The molecule has 11 heteroatoms. The third-order valence-electron chi connectivity index (χ3n) is 6.12. The molecule has 1 fully saturated rings. The molecule has 1 aliphatic heterocycles. The molecule has 2 aromatic carbocycles. The van der Waals surface area contributed by atoms with Gasteiger partial charge in [0.15, 0.2) is 5.16 Å². The molecule has 1 N–H and O–H groups in total. The predicted molar refractivity (Wildman–Crippen MR) is 152 cm³/mol. The lowest BCUT2D eigenvalue weighted by Crippen LogP contribution is -2.38. The number of hydrogen-bond acceptors (Lipinski definition) is 8. The molecule has 5 rings (SSSR count). The molecular weight excluding hydrogens is 540 g/mol. The molecule has 0 saturated carbocycles. The van der Waals surface area contributed by atoms with Crippen LogP contribution in [0.5, 0.6) is 0 Å². The number of thioether (sulfide) groups is 1. The molecule has 0 spiro atoms. The Morgan fingerprint density at radius 2 is 1.95 bits per heavy atom. The molecule has 8 nitrogen and oxygen atoms in total. The van der Waals surface area contributed by atoms with Gasteiger partial charge in [-0.3, -0.25) is 14.3 Å². The Hall–Kier alpha value is -2.76. The van der Waals surface area contributed by atoms with Gasteiger partial charge in [0.25, 0.3) is 5.91 Å². The van der Waals surface area contributed by atoms with Crippen molar-refractivity contribution in [3.05, 3.63) is 87.1 Å². The van der Waals surface area contributed by atoms with Crippen molar-refractivity contribution in [3.63, 3.8) is 0 Å². The quantitative estimate of drug-likeness (QED) is 0.207. The molecule has 0 unspecified atom stereocenters. The van der Waals surface area contributed by atoms with E-state index in [1.807, 2.05) is 52.4 Å². The second-order valence-electron chi connectivity index (χ2n) is 8.86. The molecule has 2 aromatic heterocycles. The molecule has 38 heavy (non-hydrogen) atoms. The second kappa shape index (κ2) is 13.3. The van der Waals surface area contributed by atoms with E-state index in [9.17, 15) is 4.79 Å². The average molecular weight is 569 g/mol. The van der Waals surface area contributed by atoms with Crippen LogP contribution in [0.4, 0.5) is 0 Å². The molecule has 4 aromatic rings. The smallest absolute Gasteiger partial charge is 0.270 e. The van der Waals surface area contributed by atoms with Gasteiger partial charge in [-0.1, -0.05) is 59.8 Å². The topological polar surface area (TPSA) is 85.2 Å². The zero-order valence-electron chi connectivity index (χ0n) is 20.9. The predicted octanol–water partition coefficient (Wildman–Crippen LogP) is 4.71. The summed E-state index contributed by atoms with van der Waals surface area (Å²) in [6, 6.07) is 17.9. The zero-order valence-corrected chi connectivity index (χ0v) is 23.3. The lowest BCUT2D eigenvalue weighted by atomic mass is 10.1. The van der Waals surface area contributed by atoms with Crippen molar-refractivity contribution in [2.75, 3.05) is 39.4 Å². The van der Waals surface area contributed by atoms with E-state index in [0.29, 0.717) is 29.4 Å². The second-order valence-corrected chi connectivity index (χ2v) is 11.2. The largest absolute Gasteiger partial charge is 0.379 e. The molecule has 1 saturated heterocycles. The van der Waals surface area contributed by atoms with E-state index in [2.05, 4.69) is 37.5 Å². The Labute approximate surface area is 235 Å². The highest BCUT2D eigenvalue weighted by Crippen LogP contribution is 2.28. The van der Waals surface area contributed by atoms with E-state index in [4.69, 9.17) is 16.3 Å². The van der Waals surface area contributed by atoms with Crippen molar-refractivity contribution < 1.29 is 9.53 Å². The minimum absolute atomic E-state index is 0.133. The molecule has 1 amide bonds. The molecule has 1 aliphatic rings. The summed E-state index contributed by atoms with van der Waals surface area (Å²) in [4.78, 5) is 19.5. The van der Waals surface area contributed by atoms with E-state index < -0.39 is 0 Å². The monoisotopic (exact) mass is 568 g/mol. The SMILES string of the molecule is O=C(NCCCN1CCOCC1)c1csc(CSc2nnc(Cc3ccccc3)n2-c2cccc(Cl)c2)n1. The number of rotatable bonds is 11. The van der Waals surface area contributed by atoms with Gasteiger partial charge in [0, 0.05) is 36.5 Å². The van der Waals surface area contributed by atoms with Crippen LogP contribution in [-0.4, -0.2) is 69.9 Å². The Bertz CT molecular complexity index is 1340. The van der Waals surface area contributed by atoms with Gasteiger partial charge in [0.1, 0.15) is 16.5 Å². The van der Waals surface area contributed by atoms with Crippen LogP contribution in [0.15, 0.2) is 65.1 Å². The molecular formula is C27H29ClN6O2S2. The van der Waals surface area contributed by atoms with Crippen molar-refractivity contribution in [1.29, 1.82) is 0 Å². The van der Waals surface area contributed by atoms with Crippen molar-refractivity contribution in [1.82, 2.24) is 30.0 Å². The number of halogens is 1. The van der Waals surface area contributed by atoms with Crippen LogP contribution in [-0.2, 0) is 16.9 Å². The van der Waals surface area contributed by atoms with Crippen LogP contribution in [0.2, 0.25) is 5.02 Å². The third-order valence-corrected chi connectivity index (χ3v) is 8.33. The maximum absolute atomic E-state index is 12.6. The van der Waals surface area contributed by atoms with Gasteiger partial charge in [-0.25, -0.2) is 4.98 Å². The Kier molecular flexibility index (Phi) is 9.42. The minimum Gasteiger partial charge on any atom is -0.379 e. The first-order valence-corrected chi connectivity index (χ1v) is 14.8. The fraction of sp³-hybridized carbons (Fsp3) is 0.333. The van der Waals surface area contributed by atoms with E-state index >= 15 is 0 Å². The summed E-state index contributed by atoms with van der Waals surface area (Å²) in [5, 5.41) is 16.0. The molecule has 0 atom stereocenters. The fourth-order valence-electron chi connectivity index (χ4n) is 4.19. The number of hydrogen-bond donors (Lipinski definition) is 1. The van der Waals surface area contributed by atoms with E-state index in [-0.39, 0.29) is 5.91 Å². The van der Waals surface area contributed by atoms with Gasteiger partial charge in [-0.05, 0) is 36.7 Å². The summed E-state index contributed by atoms with van der Waals surface area (Å²) in [5.74, 6) is 1.28. The zero-order chi connectivity index (χ0) is 26.2. The summed E-state index contributed by atoms with van der Waals surface area (Å²) in [6.45, 7) is 5.08. The molecule has 0 aliphatic carbocycles. The minimum atomic E-state index is -0.133. The third kappa shape index (κ3) is 7.21. The van der Waals surface area contributed by atoms with E-state index in [1.165, 1.54) is 11.3 Å². The number of ether oxygens (including phenoxy) is 1. The lowest BCUT2D eigenvalue weighted by molar-refractivity contribution is 0.0374.